The highest BCUT2D eigenvalue weighted by Crippen LogP contribution is 2.41. The molecule has 0 saturated heterocycles. The molecule has 3 aromatic carbocycles. The summed E-state index contributed by atoms with van der Waals surface area (Å²) in [5, 5.41) is 0. The molecule has 0 spiro atoms. The molecule has 172 valence electrons. The average Bonchev–Trinajstić information content (AvgIpc) is 3.22. The molecule has 2 heterocycles. The largest absolute Gasteiger partial charge is 0.465 e. The van der Waals surface area contributed by atoms with Crippen molar-refractivity contribution in [3.05, 3.63) is 94.5 Å². The van der Waals surface area contributed by atoms with E-state index in [1.165, 1.54) is 0 Å². The maximum Gasteiger partial charge on any atom is 0.321 e. The Morgan fingerprint density at radius 2 is 1.79 bits per heavy atom. The molecule has 0 radical (unpaired) electrons. The minimum absolute atomic E-state index is 0.204. The third kappa shape index (κ3) is 4.01. The summed E-state index contributed by atoms with van der Waals surface area (Å²) in [5.74, 6) is -1.28. The zero-order valence-corrected chi connectivity index (χ0v) is 20.3. The van der Waals surface area contributed by atoms with Crippen molar-refractivity contribution in [2.75, 3.05) is 18.1 Å². The Kier molecular flexibility index (Phi) is 6.20. The predicted octanol–water partition coefficient (Wildman–Crippen LogP) is 5.16. The number of amides is 1. The summed E-state index contributed by atoms with van der Waals surface area (Å²) >= 11 is 3.54. The molecule has 1 aliphatic heterocycles. The number of imidazole rings is 1. The van der Waals surface area contributed by atoms with Crippen LogP contribution >= 0.6 is 15.9 Å². The van der Waals surface area contributed by atoms with Gasteiger partial charge in [0.05, 0.1) is 23.7 Å². The van der Waals surface area contributed by atoms with Crippen LogP contribution in [-0.4, -0.2) is 34.6 Å². The van der Waals surface area contributed by atoms with Crippen molar-refractivity contribution in [2.45, 2.75) is 19.4 Å². The molecular weight excluding hydrogens is 494 g/mol. The SMILES string of the molecule is CCOC(=O)[C@@H]1C(=O)N(CCc2ccccc2)c2nc3ccccc3n2[C@@H]1c1cccc(Br)c1. The summed E-state index contributed by atoms with van der Waals surface area (Å²) in [5.41, 5.74) is 3.60. The molecule has 1 amide bonds. The van der Waals surface area contributed by atoms with E-state index in [0.29, 0.717) is 18.9 Å². The fourth-order valence-electron chi connectivity index (χ4n) is 4.64. The average molecular weight is 518 g/mol. The molecule has 5 rings (SSSR count). The lowest BCUT2D eigenvalue weighted by molar-refractivity contribution is -0.153. The Morgan fingerprint density at radius 1 is 1.03 bits per heavy atom. The number of nitrogens with zero attached hydrogens (tertiary/aromatic N) is 3. The van der Waals surface area contributed by atoms with E-state index in [0.717, 1.165) is 26.6 Å². The third-order valence-electron chi connectivity index (χ3n) is 6.14. The number of hydrogen-bond donors (Lipinski definition) is 0. The number of anilines is 1. The molecule has 0 N–H and O–H groups in total. The van der Waals surface area contributed by atoms with Crippen LogP contribution in [0.3, 0.4) is 0 Å². The first-order valence-corrected chi connectivity index (χ1v) is 12.1. The van der Waals surface area contributed by atoms with Crippen LogP contribution in [0.4, 0.5) is 5.95 Å². The Morgan fingerprint density at radius 3 is 2.56 bits per heavy atom. The summed E-state index contributed by atoms with van der Waals surface area (Å²) in [6.07, 6.45) is 0.646. The lowest BCUT2D eigenvalue weighted by Gasteiger charge is -2.38. The van der Waals surface area contributed by atoms with Crippen molar-refractivity contribution >= 4 is 44.8 Å². The summed E-state index contributed by atoms with van der Waals surface area (Å²) in [6.45, 7) is 2.37. The van der Waals surface area contributed by atoms with Crippen LogP contribution in [0.25, 0.3) is 11.0 Å². The van der Waals surface area contributed by atoms with Crippen LogP contribution in [0.1, 0.15) is 24.1 Å². The van der Waals surface area contributed by atoms with Gasteiger partial charge in [-0.05, 0) is 48.7 Å². The second-order valence-electron chi connectivity index (χ2n) is 8.23. The first-order valence-electron chi connectivity index (χ1n) is 11.3. The van der Waals surface area contributed by atoms with Gasteiger partial charge in [-0.2, -0.15) is 0 Å². The Labute approximate surface area is 206 Å². The number of esters is 1. The summed E-state index contributed by atoms with van der Waals surface area (Å²) in [4.78, 5) is 33.7. The van der Waals surface area contributed by atoms with Gasteiger partial charge in [-0.1, -0.05) is 70.5 Å². The number of carbonyl (C=O) groups excluding carboxylic acids is 2. The third-order valence-corrected chi connectivity index (χ3v) is 6.64. The molecule has 0 fully saturated rings. The number of hydrogen-bond acceptors (Lipinski definition) is 4. The normalized spacial score (nSPS) is 17.6. The van der Waals surface area contributed by atoms with Gasteiger partial charge >= 0.3 is 5.97 Å². The van der Waals surface area contributed by atoms with Gasteiger partial charge in [0.25, 0.3) is 0 Å². The van der Waals surface area contributed by atoms with Crippen molar-refractivity contribution in [2.24, 2.45) is 5.92 Å². The van der Waals surface area contributed by atoms with E-state index in [2.05, 4.69) is 15.9 Å². The van der Waals surface area contributed by atoms with Crippen LogP contribution < -0.4 is 4.90 Å². The zero-order chi connectivity index (χ0) is 23.7. The molecule has 0 aliphatic carbocycles. The Bertz CT molecular complexity index is 1350. The van der Waals surface area contributed by atoms with Gasteiger partial charge in [0.2, 0.25) is 11.9 Å². The molecule has 1 aliphatic rings. The summed E-state index contributed by atoms with van der Waals surface area (Å²) < 4.78 is 8.31. The number of halogens is 1. The van der Waals surface area contributed by atoms with E-state index in [4.69, 9.17) is 9.72 Å². The van der Waals surface area contributed by atoms with Crippen molar-refractivity contribution < 1.29 is 14.3 Å². The second-order valence-corrected chi connectivity index (χ2v) is 9.14. The van der Waals surface area contributed by atoms with Crippen LogP contribution in [0.15, 0.2) is 83.3 Å². The van der Waals surface area contributed by atoms with Crippen LogP contribution in [0, 0.1) is 5.92 Å². The van der Waals surface area contributed by atoms with Gasteiger partial charge in [-0.3, -0.25) is 14.5 Å². The minimum Gasteiger partial charge on any atom is -0.465 e. The predicted molar refractivity (Wildman–Crippen MR) is 135 cm³/mol. The van der Waals surface area contributed by atoms with E-state index in [1.54, 1.807) is 11.8 Å². The fourth-order valence-corrected chi connectivity index (χ4v) is 5.05. The van der Waals surface area contributed by atoms with Crippen molar-refractivity contribution in [3.63, 3.8) is 0 Å². The van der Waals surface area contributed by atoms with Gasteiger partial charge in [-0.25, -0.2) is 4.98 Å². The molecule has 0 saturated carbocycles. The first-order chi connectivity index (χ1) is 16.6. The lowest BCUT2D eigenvalue weighted by atomic mass is 9.89. The number of para-hydroxylation sites is 2. The van der Waals surface area contributed by atoms with Crippen molar-refractivity contribution in [3.8, 4) is 0 Å². The van der Waals surface area contributed by atoms with Crippen LogP contribution in [0.2, 0.25) is 0 Å². The molecule has 6 nitrogen and oxygen atoms in total. The van der Waals surface area contributed by atoms with Gasteiger partial charge in [-0.15, -0.1) is 0 Å². The number of carbonyl (C=O) groups is 2. The second kappa shape index (κ2) is 9.43. The van der Waals surface area contributed by atoms with E-state index in [9.17, 15) is 9.59 Å². The van der Waals surface area contributed by atoms with Crippen LogP contribution in [0.5, 0.6) is 0 Å². The van der Waals surface area contributed by atoms with E-state index < -0.39 is 17.9 Å². The number of benzene rings is 3. The standard InChI is InChI=1S/C27H24BrN3O3/c1-2-34-26(33)23-24(19-11-8-12-20(28)17-19)31-22-14-7-6-13-21(22)29-27(31)30(25(23)32)16-15-18-9-4-3-5-10-18/h3-14,17,23-24H,2,15-16H2,1H3/t23-,24+/m0/s1. The molecule has 0 bridgehead atoms. The highest BCUT2D eigenvalue weighted by Gasteiger charge is 2.47. The number of fused-ring (bicyclic) bond motifs is 3. The Hall–Kier alpha value is -3.45. The first kappa shape index (κ1) is 22.3. The molecule has 0 unspecified atom stereocenters. The maximum atomic E-state index is 13.9. The smallest absolute Gasteiger partial charge is 0.321 e. The van der Waals surface area contributed by atoms with Gasteiger partial charge < -0.3 is 9.30 Å². The molecule has 7 heteroatoms. The quantitative estimate of drug-likeness (QED) is 0.262. The summed E-state index contributed by atoms with van der Waals surface area (Å²) in [6, 6.07) is 24.9. The van der Waals surface area contributed by atoms with Crippen molar-refractivity contribution in [1.29, 1.82) is 0 Å². The molecule has 4 aromatic rings. The van der Waals surface area contributed by atoms with Gasteiger partial charge in [0, 0.05) is 11.0 Å². The topological polar surface area (TPSA) is 64.4 Å². The molecular formula is C27H24BrN3O3. The van der Waals surface area contributed by atoms with Gasteiger partial charge in [0.15, 0.2) is 5.92 Å². The zero-order valence-electron chi connectivity index (χ0n) is 18.7. The van der Waals surface area contributed by atoms with Gasteiger partial charge in [0.1, 0.15) is 0 Å². The Balaban J connectivity index is 1.69. The number of ether oxygens (including phenoxy) is 1. The molecule has 2 atom stereocenters. The lowest BCUT2D eigenvalue weighted by Crippen LogP contribution is -2.50. The number of aromatic nitrogens is 2. The highest BCUT2D eigenvalue weighted by atomic mass is 79.9. The van der Waals surface area contributed by atoms with Crippen molar-refractivity contribution in [1.82, 2.24) is 9.55 Å². The molecule has 1 aromatic heterocycles. The summed E-state index contributed by atoms with van der Waals surface area (Å²) in [7, 11) is 0. The monoisotopic (exact) mass is 517 g/mol. The minimum atomic E-state index is -1.02. The van der Waals surface area contributed by atoms with E-state index >= 15 is 0 Å². The maximum absolute atomic E-state index is 13.9. The molecule has 34 heavy (non-hydrogen) atoms. The highest BCUT2D eigenvalue weighted by molar-refractivity contribution is 9.10. The number of rotatable bonds is 6. The van der Waals surface area contributed by atoms with E-state index in [-0.39, 0.29) is 12.5 Å². The fraction of sp³-hybridized carbons (Fsp3) is 0.222. The van der Waals surface area contributed by atoms with E-state index in [1.807, 2.05) is 83.4 Å². The van der Waals surface area contributed by atoms with Crippen LogP contribution in [-0.2, 0) is 20.7 Å².